The highest BCUT2D eigenvalue weighted by Crippen LogP contribution is 2.45. The Morgan fingerprint density at radius 3 is 2.53 bits per heavy atom. The molecule has 1 fully saturated rings. The van der Waals surface area contributed by atoms with E-state index < -0.39 is 35.5 Å². The van der Waals surface area contributed by atoms with Crippen molar-refractivity contribution < 1.29 is 39.5 Å². The molecular weight excluding hydrogens is 490 g/mol. The molecule has 38 heavy (non-hydrogen) atoms. The Bertz CT molecular complexity index is 1180. The number of esters is 1. The number of nitrogens with one attached hydrogen (secondary N) is 1. The number of ether oxygens (including phenoxy) is 1. The van der Waals surface area contributed by atoms with E-state index in [1.165, 1.54) is 25.3 Å². The Hall–Kier alpha value is -3.95. The molecule has 2 atom stereocenters. The summed E-state index contributed by atoms with van der Waals surface area (Å²) >= 11 is 0. The van der Waals surface area contributed by atoms with Gasteiger partial charge in [0.25, 0.3) is 0 Å². The van der Waals surface area contributed by atoms with Gasteiger partial charge in [0.05, 0.1) is 0 Å². The maximum Gasteiger partial charge on any atom is 0.343 e. The highest BCUT2D eigenvalue weighted by atomic mass is 16.6. The van der Waals surface area contributed by atoms with Gasteiger partial charge >= 0.3 is 5.97 Å². The minimum absolute atomic E-state index is 0.0117. The Morgan fingerprint density at radius 1 is 1.16 bits per heavy atom. The fraction of sp³-hybridized carbons (Fsp3) is 0.345. The Balaban J connectivity index is 2.46. The summed E-state index contributed by atoms with van der Waals surface area (Å²) in [5, 5.41) is 41.9. The van der Waals surface area contributed by atoms with Gasteiger partial charge in [-0.05, 0) is 43.1 Å². The molecule has 1 unspecified atom stereocenters. The van der Waals surface area contributed by atoms with E-state index in [0.717, 1.165) is 18.6 Å². The summed E-state index contributed by atoms with van der Waals surface area (Å²) in [4.78, 5) is 38.1. The molecule has 0 spiro atoms. The van der Waals surface area contributed by atoms with Gasteiger partial charge in [-0.1, -0.05) is 50.6 Å². The number of Topliss-reactive ketones (excluding diaryl/α,β-unsaturated/α-hetero) is 1. The zero-order valence-corrected chi connectivity index (χ0v) is 21.8. The molecule has 0 aromatic heterocycles. The minimum atomic E-state index is -1.78. The van der Waals surface area contributed by atoms with Crippen molar-refractivity contribution in [3.8, 4) is 0 Å². The van der Waals surface area contributed by atoms with Crippen LogP contribution in [0.2, 0.25) is 0 Å². The molecule has 5 N–H and O–H groups in total. The molecule has 1 aliphatic carbocycles. The summed E-state index contributed by atoms with van der Waals surface area (Å²) in [5.74, 6) is -2.83. The summed E-state index contributed by atoms with van der Waals surface area (Å²) in [6.07, 6.45) is 16.4. The first-order chi connectivity index (χ1) is 18.1. The van der Waals surface area contributed by atoms with Crippen molar-refractivity contribution in [3.63, 3.8) is 0 Å². The molecule has 0 amide bonds. The Kier molecular flexibility index (Phi) is 11.2. The van der Waals surface area contributed by atoms with E-state index in [-0.39, 0.29) is 34.7 Å². The van der Waals surface area contributed by atoms with Gasteiger partial charge in [0.2, 0.25) is 5.78 Å². The van der Waals surface area contributed by atoms with Gasteiger partial charge in [0.15, 0.2) is 11.4 Å². The number of fused-ring (bicyclic) bond motifs is 1. The van der Waals surface area contributed by atoms with Crippen molar-refractivity contribution in [2.75, 3.05) is 19.8 Å². The van der Waals surface area contributed by atoms with Crippen LogP contribution in [-0.2, 0) is 19.1 Å². The molecule has 1 heterocycles. The summed E-state index contributed by atoms with van der Waals surface area (Å²) in [5.41, 5.74) is -1.97. The highest BCUT2D eigenvalue weighted by Gasteiger charge is 2.54. The topological polar surface area (TPSA) is 153 Å². The third kappa shape index (κ3) is 7.53. The van der Waals surface area contributed by atoms with E-state index in [2.05, 4.69) is 19.2 Å². The van der Waals surface area contributed by atoms with Crippen LogP contribution < -0.4 is 5.32 Å². The number of hydrogen-bond acceptors (Lipinski definition) is 9. The summed E-state index contributed by atoms with van der Waals surface area (Å²) < 4.78 is 5.38. The molecule has 2 aliphatic rings. The maximum absolute atomic E-state index is 13.4. The lowest BCUT2D eigenvalue weighted by Crippen LogP contribution is -2.41. The molecule has 0 aromatic carbocycles. The number of aliphatic hydroxyl groups excluding tert-OH is 4. The first-order valence-electron chi connectivity index (χ1n) is 12.3. The van der Waals surface area contributed by atoms with Gasteiger partial charge in [0, 0.05) is 36.6 Å². The summed E-state index contributed by atoms with van der Waals surface area (Å²) in [7, 11) is 0. The number of carbonyl (C=O) groups excluding carboxylic acids is 3. The summed E-state index contributed by atoms with van der Waals surface area (Å²) in [6.45, 7) is 5.03. The van der Waals surface area contributed by atoms with E-state index in [1.54, 1.807) is 18.2 Å². The van der Waals surface area contributed by atoms with Gasteiger partial charge in [-0.2, -0.15) is 0 Å². The van der Waals surface area contributed by atoms with E-state index >= 15 is 0 Å². The Morgan fingerprint density at radius 2 is 1.87 bits per heavy atom. The number of rotatable bonds is 12. The molecule has 1 aliphatic heterocycles. The quantitative estimate of drug-likeness (QED) is 0.0850. The molecule has 9 nitrogen and oxygen atoms in total. The number of allylic oxidation sites excluding steroid dienone is 9. The molecular formula is C29H35NO8. The third-order valence-electron chi connectivity index (χ3n) is 6.00. The standard InChI is InChI=1S/C29H35NO8/c1-4-19(2)10-7-5-6-8-11-21(33)16-25(35)26-24-15-20(14-22(34)18-32)23(17-30-12-9-13-31)27(36)29(24,3)38-28(26)37/h5-8,10-11,14-17,19,30-33,35H,4,9,12-13,18H2,1-3H3/b6-5+,10-7+,11-8+,20-14?,21-16?,23-17-,26-25?/t19?,29-/m1/s1. The van der Waals surface area contributed by atoms with Gasteiger partial charge in [0.1, 0.15) is 23.7 Å². The van der Waals surface area contributed by atoms with Crippen molar-refractivity contribution in [2.24, 2.45) is 5.92 Å². The largest absolute Gasteiger partial charge is 0.508 e. The second-order valence-electron chi connectivity index (χ2n) is 8.97. The fourth-order valence-corrected chi connectivity index (χ4v) is 3.66. The molecule has 204 valence electrons. The van der Waals surface area contributed by atoms with Gasteiger partial charge in [-0.3, -0.25) is 9.59 Å². The zero-order valence-electron chi connectivity index (χ0n) is 21.8. The lowest BCUT2D eigenvalue weighted by molar-refractivity contribution is -0.151. The van der Waals surface area contributed by atoms with E-state index in [4.69, 9.17) is 9.84 Å². The van der Waals surface area contributed by atoms with Crippen LogP contribution in [0.5, 0.6) is 0 Å². The lowest BCUT2D eigenvalue weighted by atomic mass is 9.76. The van der Waals surface area contributed by atoms with Crippen LogP contribution in [0.1, 0.15) is 33.6 Å². The molecule has 0 aromatic rings. The smallest absolute Gasteiger partial charge is 0.343 e. The maximum atomic E-state index is 13.4. The molecule has 0 saturated carbocycles. The van der Waals surface area contributed by atoms with Crippen LogP contribution in [0.4, 0.5) is 0 Å². The number of ketones is 2. The van der Waals surface area contributed by atoms with Crippen LogP contribution in [0.15, 0.2) is 94.7 Å². The van der Waals surface area contributed by atoms with Crippen molar-refractivity contribution in [1.29, 1.82) is 0 Å². The zero-order chi connectivity index (χ0) is 28.3. The molecule has 0 radical (unpaired) electrons. The van der Waals surface area contributed by atoms with Gasteiger partial charge in [-0.25, -0.2) is 4.79 Å². The Labute approximate surface area is 222 Å². The van der Waals surface area contributed by atoms with Crippen LogP contribution in [0.3, 0.4) is 0 Å². The van der Waals surface area contributed by atoms with Crippen molar-refractivity contribution in [2.45, 2.75) is 39.2 Å². The number of aliphatic hydroxyl groups is 4. The average molecular weight is 526 g/mol. The molecule has 9 heteroatoms. The van der Waals surface area contributed by atoms with Crippen LogP contribution in [0.25, 0.3) is 0 Å². The highest BCUT2D eigenvalue weighted by molar-refractivity contribution is 6.17. The van der Waals surface area contributed by atoms with Crippen LogP contribution in [-0.4, -0.2) is 63.3 Å². The van der Waals surface area contributed by atoms with E-state index in [9.17, 15) is 29.7 Å². The molecule has 0 bridgehead atoms. The molecule has 2 rings (SSSR count). The van der Waals surface area contributed by atoms with Crippen molar-refractivity contribution >= 4 is 17.5 Å². The monoisotopic (exact) mass is 525 g/mol. The van der Waals surface area contributed by atoms with Crippen LogP contribution >= 0.6 is 0 Å². The fourth-order valence-electron chi connectivity index (χ4n) is 3.66. The number of hydrogen-bond donors (Lipinski definition) is 5. The predicted molar refractivity (Wildman–Crippen MR) is 143 cm³/mol. The first-order valence-corrected chi connectivity index (χ1v) is 12.3. The van der Waals surface area contributed by atoms with Gasteiger partial charge in [-0.15, -0.1) is 0 Å². The second kappa shape index (κ2) is 14.1. The minimum Gasteiger partial charge on any atom is -0.508 e. The normalized spacial score (nSPS) is 24.4. The van der Waals surface area contributed by atoms with Gasteiger partial charge < -0.3 is 30.5 Å². The SMILES string of the molecule is CCC(C)/C=C/C=C/C=C/C(O)=CC(O)=C1C(=O)O[C@@]2(C)C(=O)/C(=C\NCCCO)C(=CC(=O)CO)C=C12. The van der Waals surface area contributed by atoms with Crippen LogP contribution in [0, 0.1) is 5.92 Å². The predicted octanol–water partition coefficient (Wildman–Crippen LogP) is 3.12. The van der Waals surface area contributed by atoms with Crippen molar-refractivity contribution in [1.82, 2.24) is 5.32 Å². The first kappa shape index (κ1) is 30.3. The summed E-state index contributed by atoms with van der Waals surface area (Å²) in [6, 6.07) is 0. The number of carbonyl (C=O) groups is 3. The second-order valence-corrected chi connectivity index (χ2v) is 8.97. The van der Waals surface area contributed by atoms with Crippen molar-refractivity contribution in [3.05, 3.63) is 94.7 Å². The molecule has 1 saturated heterocycles. The lowest BCUT2D eigenvalue weighted by Gasteiger charge is -2.29. The third-order valence-corrected chi connectivity index (χ3v) is 6.00. The van der Waals surface area contributed by atoms with E-state index in [0.29, 0.717) is 18.9 Å². The average Bonchev–Trinajstić information content (AvgIpc) is 3.15. The van der Waals surface area contributed by atoms with E-state index in [1.807, 2.05) is 12.2 Å².